The van der Waals surface area contributed by atoms with E-state index >= 15 is 0 Å². The Morgan fingerprint density at radius 2 is 1.88 bits per heavy atom. The summed E-state index contributed by atoms with van der Waals surface area (Å²) in [6.45, 7) is 12.3. The molecule has 1 N–H and O–H groups in total. The van der Waals surface area contributed by atoms with Gasteiger partial charge in [-0.05, 0) is 64.7 Å². The van der Waals surface area contributed by atoms with Gasteiger partial charge in [-0.1, -0.05) is 20.3 Å². The Morgan fingerprint density at radius 3 is 2.58 bits per heavy atom. The third kappa shape index (κ3) is 6.49. The van der Waals surface area contributed by atoms with Gasteiger partial charge in [0, 0.05) is 24.9 Å². The summed E-state index contributed by atoms with van der Waals surface area (Å²) in [6, 6.07) is 5.62. The quantitative estimate of drug-likeness (QED) is 0.258. The zero-order valence-corrected chi connectivity index (χ0v) is 20.6. The van der Waals surface area contributed by atoms with Gasteiger partial charge in [-0.15, -0.1) is 10.2 Å². The lowest BCUT2D eigenvalue weighted by Crippen LogP contribution is -2.23. The highest BCUT2D eigenvalue weighted by Gasteiger charge is 2.17. The van der Waals surface area contributed by atoms with E-state index in [1.807, 2.05) is 64.1 Å². The van der Waals surface area contributed by atoms with Crippen molar-refractivity contribution in [3.63, 3.8) is 0 Å². The molecule has 2 aromatic heterocycles. The van der Waals surface area contributed by atoms with Crippen LogP contribution in [0.25, 0.3) is 16.7 Å². The lowest BCUT2D eigenvalue weighted by molar-refractivity contribution is -0.154. The van der Waals surface area contributed by atoms with Gasteiger partial charge >= 0.3 is 5.97 Å². The molecule has 178 valence electrons. The number of unbranched alkanes of at least 4 members (excludes halogenated alkanes) is 2. The third-order valence-electron chi connectivity index (χ3n) is 5.17. The summed E-state index contributed by atoms with van der Waals surface area (Å²) in [5, 5.41) is 11.9. The van der Waals surface area contributed by atoms with Crippen molar-refractivity contribution in [2.75, 3.05) is 11.9 Å². The molecule has 0 spiro atoms. The van der Waals surface area contributed by atoms with Gasteiger partial charge in [0.25, 0.3) is 0 Å². The normalized spacial score (nSPS) is 12.0. The molecular formula is C25H35N5O3. The van der Waals surface area contributed by atoms with Crippen molar-refractivity contribution in [2.24, 2.45) is 5.92 Å². The first-order chi connectivity index (χ1) is 15.5. The number of hydrogen-bond donors (Lipinski definition) is 1. The van der Waals surface area contributed by atoms with E-state index in [0.717, 1.165) is 36.1 Å². The number of aromatic nitrogens is 4. The predicted octanol–water partition coefficient (Wildman–Crippen LogP) is 5.13. The first-order valence-electron chi connectivity index (χ1n) is 11.7. The first-order valence-corrected chi connectivity index (χ1v) is 11.7. The van der Waals surface area contributed by atoms with Gasteiger partial charge in [-0.3, -0.25) is 14.0 Å². The predicted molar refractivity (Wildman–Crippen MR) is 130 cm³/mol. The van der Waals surface area contributed by atoms with Crippen molar-refractivity contribution in [1.29, 1.82) is 0 Å². The fraction of sp³-hybridized carbons (Fsp3) is 0.560. The maximum Gasteiger partial charge on any atom is 0.306 e. The van der Waals surface area contributed by atoms with Crippen molar-refractivity contribution in [2.45, 2.75) is 79.2 Å². The highest BCUT2D eigenvalue weighted by Crippen LogP contribution is 2.24. The number of Topliss-reactive ketones (excluding diaryl/α,β-unsaturated/α-hetero) is 1. The minimum absolute atomic E-state index is 0.119. The molecular weight excluding hydrogens is 418 g/mol. The Kier molecular flexibility index (Phi) is 7.66. The zero-order valence-electron chi connectivity index (χ0n) is 20.6. The van der Waals surface area contributed by atoms with Crippen LogP contribution in [0.2, 0.25) is 0 Å². The van der Waals surface area contributed by atoms with E-state index in [9.17, 15) is 9.59 Å². The van der Waals surface area contributed by atoms with Crippen LogP contribution in [0.5, 0.6) is 0 Å². The maximum atomic E-state index is 12.6. The smallest absolute Gasteiger partial charge is 0.306 e. The average molecular weight is 454 g/mol. The number of benzene rings is 1. The van der Waals surface area contributed by atoms with Crippen molar-refractivity contribution in [3.05, 3.63) is 29.6 Å². The molecule has 2 heterocycles. The molecule has 8 nitrogen and oxygen atoms in total. The first kappa shape index (κ1) is 24.6. The van der Waals surface area contributed by atoms with Crippen LogP contribution in [0.3, 0.4) is 0 Å². The monoisotopic (exact) mass is 453 g/mol. The third-order valence-corrected chi connectivity index (χ3v) is 5.17. The molecule has 8 heteroatoms. The molecule has 3 rings (SSSR count). The maximum absolute atomic E-state index is 12.6. The molecule has 0 aliphatic carbocycles. The Morgan fingerprint density at radius 1 is 1.12 bits per heavy atom. The number of anilines is 1. The van der Waals surface area contributed by atoms with E-state index < -0.39 is 5.60 Å². The van der Waals surface area contributed by atoms with Crippen LogP contribution in [0.1, 0.15) is 82.9 Å². The zero-order chi connectivity index (χ0) is 24.2. The second-order valence-electron chi connectivity index (χ2n) is 9.92. The highest BCUT2D eigenvalue weighted by molar-refractivity contribution is 5.99. The molecule has 3 aromatic rings. The number of hydrogen-bond acceptors (Lipinski definition) is 7. The van der Waals surface area contributed by atoms with Crippen LogP contribution in [0, 0.1) is 12.8 Å². The minimum atomic E-state index is -0.443. The molecule has 0 saturated heterocycles. The molecule has 1 aromatic carbocycles. The molecule has 33 heavy (non-hydrogen) atoms. The number of nitrogens with one attached hydrogen (secondary N) is 1. The van der Waals surface area contributed by atoms with E-state index in [1.54, 1.807) is 0 Å². The van der Waals surface area contributed by atoms with Crippen molar-refractivity contribution >= 4 is 34.3 Å². The molecule has 0 saturated carbocycles. The summed E-state index contributed by atoms with van der Waals surface area (Å²) in [7, 11) is 0. The largest absolute Gasteiger partial charge is 0.460 e. The average Bonchev–Trinajstić information content (AvgIpc) is 3.10. The van der Waals surface area contributed by atoms with E-state index in [1.165, 1.54) is 0 Å². The fourth-order valence-corrected chi connectivity index (χ4v) is 3.73. The summed E-state index contributed by atoms with van der Waals surface area (Å²) < 4.78 is 7.31. The molecule has 0 amide bonds. The Bertz CT molecular complexity index is 1140. The van der Waals surface area contributed by atoms with E-state index in [-0.39, 0.29) is 11.8 Å². The Balaban J connectivity index is 1.69. The number of carbonyl (C=O) groups excluding carboxylic acids is 2. The van der Waals surface area contributed by atoms with Crippen molar-refractivity contribution < 1.29 is 14.3 Å². The van der Waals surface area contributed by atoms with Crippen molar-refractivity contribution in [1.82, 2.24) is 19.6 Å². The molecule has 0 aliphatic heterocycles. The SMILES string of the molecule is Cc1nnc2c(NCCCCCC(=O)OC(C)(C)C)nc3cc(C(=O)CC(C)C)ccc3n12. The molecule has 0 bridgehead atoms. The van der Waals surface area contributed by atoms with Crippen LogP contribution in [-0.4, -0.2) is 43.5 Å². The minimum Gasteiger partial charge on any atom is -0.460 e. The van der Waals surface area contributed by atoms with Gasteiger partial charge in [-0.25, -0.2) is 4.98 Å². The Labute approximate surface area is 195 Å². The van der Waals surface area contributed by atoms with Crippen LogP contribution in [0.4, 0.5) is 5.82 Å². The molecule has 0 atom stereocenters. The molecule has 0 unspecified atom stereocenters. The number of aryl methyl sites for hydroxylation is 1. The van der Waals surface area contributed by atoms with Gasteiger partial charge < -0.3 is 10.1 Å². The highest BCUT2D eigenvalue weighted by atomic mass is 16.6. The second kappa shape index (κ2) is 10.3. The number of esters is 1. The second-order valence-corrected chi connectivity index (χ2v) is 9.92. The number of fused-ring (bicyclic) bond motifs is 3. The summed E-state index contributed by atoms with van der Waals surface area (Å²) in [4.78, 5) is 29.1. The molecule has 0 fully saturated rings. The molecule has 0 radical (unpaired) electrons. The van der Waals surface area contributed by atoms with Crippen LogP contribution in [0.15, 0.2) is 18.2 Å². The van der Waals surface area contributed by atoms with Crippen LogP contribution < -0.4 is 5.32 Å². The lowest BCUT2D eigenvalue weighted by atomic mass is 10.0. The van der Waals surface area contributed by atoms with E-state index in [0.29, 0.717) is 42.3 Å². The van der Waals surface area contributed by atoms with Crippen LogP contribution >= 0.6 is 0 Å². The number of nitrogens with zero attached hydrogens (tertiary/aromatic N) is 4. The summed E-state index contributed by atoms with van der Waals surface area (Å²) in [5.41, 5.74) is 2.49. The van der Waals surface area contributed by atoms with Gasteiger partial charge in [-0.2, -0.15) is 0 Å². The number of carbonyl (C=O) groups is 2. The van der Waals surface area contributed by atoms with E-state index in [2.05, 4.69) is 15.5 Å². The van der Waals surface area contributed by atoms with Crippen LogP contribution in [-0.2, 0) is 9.53 Å². The standard InChI is InChI=1S/C25H35N5O3/c1-16(2)14-21(31)18-11-12-20-19(15-18)27-23(24-29-28-17(3)30(20)24)26-13-9-7-8-10-22(32)33-25(4,5)6/h11-12,15-16H,7-10,13-14H2,1-6H3,(H,26,27). The van der Waals surface area contributed by atoms with Gasteiger partial charge in [0.2, 0.25) is 5.65 Å². The van der Waals surface area contributed by atoms with Crippen molar-refractivity contribution in [3.8, 4) is 0 Å². The number of ether oxygens (including phenoxy) is 1. The summed E-state index contributed by atoms with van der Waals surface area (Å²) in [6.07, 6.45) is 3.49. The van der Waals surface area contributed by atoms with E-state index in [4.69, 9.17) is 9.72 Å². The Hall–Kier alpha value is -3.03. The fourth-order valence-electron chi connectivity index (χ4n) is 3.73. The van der Waals surface area contributed by atoms with Gasteiger partial charge in [0.05, 0.1) is 11.0 Å². The topological polar surface area (TPSA) is 98.5 Å². The summed E-state index contributed by atoms with van der Waals surface area (Å²) >= 11 is 0. The lowest BCUT2D eigenvalue weighted by Gasteiger charge is -2.19. The number of ketones is 1. The van der Waals surface area contributed by atoms with Gasteiger partial charge in [0.15, 0.2) is 11.6 Å². The summed E-state index contributed by atoms with van der Waals surface area (Å²) in [5.74, 6) is 1.67. The van der Waals surface area contributed by atoms with Gasteiger partial charge in [0.1, 0.15) is 11.4 Å². The number of rotatable bonds is 10. The molecule has 0 aliphatic rings.